The first-order chi connectivity index (χ1) is 10.1. The molecule has 0 fully saturated rings. The molecule has 0 spiro atoms. The molecule has 1 amide bonds. The first-order valence-electron chi connectivity index (χ1n) is 6.55. The largest absolute Gasteiger partial charge is 0.345 e. The Morgan fingerprint density at radius 3 is 3.00 bits per heavy atom. The number of aromatic nitrogens is 1. The quantitative estimate of drug-likeness (QED) is 0.894. The van der Waals surface area contributed by atoms with Gasteiger partial charge in [-0.2, -0.15) is 0 Å². The molecule has 1 aromatic heterocycles. The van der Waals surface area contributed by atoms with Crippen molar-refractivity contribution < 1.29 is 4.79 Å². The molecule has 1 atom stereocenters. The highest BCUT2D eigenvalue weighted by Crippen LogP contribution is 2.37. The van der Waals surface area contributed by atoms with Crippen molar-refractivity contribution in [2.75, 3.05) is 5.75 Å². The molecule has 0 radical (unpaired) electrons. The number of aromatic amines is 1. The predicted molar refractivity (Wildman–Crippen MR) is 84.1 cm³/mol. The summed E-state index contributed by atoms with van der Waals surface area (Å²) in [5.41, 5.74) is 1.11. The predicted octanol–water partition coefficient (Wildman–Crippen LogP) is 3.00. The van der Waals surface area contributed by atoms with Gasteiger partial charge in [-0.25, -0.2) is 0 Å². The van der Waals surface area contributed by atoms with Crippen molar-refractivity contribution in [3.63, 3.8) is 0 Å². The highest BCUT2D eigenvalue weighted by molar-refractivity contribution is 7.99. The Balaban J connectivity index is 1.85. The Bertz CT molecular complexity index is 744. The number of amides is 1. The van der Waals surface area contributed by atoms with E-state index in [9.17, 15) is 9.59 Å². The van der Waals surface area contributed by atoms with Gasteiger partial charge < -0.3 is 10.3 Å². The Hall–Kier alpha value is -1.72. The van der Waals surface area contributed by atoms with E-state index in [1.165, 1.54) is 12.3 Å². The summed E-state index contributed by atoms with van der Waals surface area (Å²) in [7, 11) is 0. The number of hydrogen-bond donors (Lipinski definition) is 2. The monoisotopic (exact) mass is 320 g/mol. The second-order valence-electron chi connectivity index (χ2n) is 4.79. The van der Waals surface area contributed by atoms with E-state index < -0.39 is 0 Å². The number of pyridine rings is 1. The number of halogens is 1. The van der Waals surface area contributed by atoms with Crippen LogP contribution >= 0.6 is 23.4 Å². The summed E-state index contributed by atoms with van der Waals surface area (Å²) in [6.07, 6.45) is 2.31. The average molecular weight is 321 g/mol. The number of carbonyl (C=O) groups excluding carboxylic acids is 1. The summed E-state index contributed by atoms with van der Waals surface area (Å²) in [5.74, 6) is 0.693. The number of rotatable bonds is 2. The van der Waals surface area contributed by atoms with Crippen molar-refractivity contribution in [1.82, 2.24) is 10.3 Å². The topological polar surface area (TPSA) is 62.0 Å². The van der Waals surface area contributed by atoms with Crippen LogP contribution in [0.25, 0.3) is 0 Å². The lowest BCUT2D eigenvalue weighted by atomic mass is 10.0. The van der Waals surface area contributed by atoms with Crippen LogP contribution < -0.4 is 10.9 Å². The Morgan fingerprint density at radius 1 is 1.33 bits per heavy atom. The molecule has 0 saturated carbocycles. The van der Waals surface area contributed by atoms with E-state index in [2.05, 4.69) is 10.3 Å². The van der Waals surface area contributed by atoms with E-state index in [-0.39, 0.29) is 17.5 Å². The van der Waals surface area contributed by atoms with Gasteiger partial charge in [-0.05, 0) is 36.2 Å². The van der Waals surface area contributed by atoms with Gasteiger partial charge in [0, 0.05) is 33.5 Å². The van der Waals surface area contributed by atoms with Crippen molar-refractivity contribution in [3.05, 3.63) is 63.0 Å². The third kappa shape index (κ3) is 3.14. The fraction of sp³-hybridized carbons (Fsp3) is 0.200. The molecule has 1 aliphatic heterocycles. The SMILES string of the molecule is O=C(NC1CCSc2ccc(Cl)cc21)c1cc[nH]c(=O)c1. The lowest BCUT2D eigenvalue weighted by molar-refractivity contribution is 0.0934. The van der Waals surface area contributed by atoms with Crippen LogP contribution in [0, 0.1) is 0 Å². The van der Waals surface area contributed by atoms with Crippen LogP contribution in [-0.2, 0) is 0 Å². The van der Waals surface area contributed by atoms with Crippen LogP contribution in [0.15, 0.2) is 46.2 Å². The lowest BCUT2D eigenvalue weighted by Crippen LogP contribution is -2.31. The molecule has 108 valence electrons. The van der Waals surface area contributed by atoms with E-state index in [0.29, 0.717) is 10.6 Å². The van der Waals surface area contributed by atoms with Gasteiger partial charge >= 0.3 is 0 Å². The molecule has 0 saturated heterocycles. The van der Waals surface area contributed by atoms with Crippen molar-refractivity contribution in [2.45, 2.75) is 17.4 Å². The summed E-state index contributed by atoms with van der Waals surface area (Å²) in [5, 5.41) is 3.64. The minimum absolute atomic E-state index is 0.0771. The number of nitrogens with one attached hydrogen (secondary N) is 2. The van der Waals surface area contributed by atoms with Crippen molar-refractivity contribution in [2.24, 2.45) is 0 Å². The van der Waals surface area contributed by atoms with E-state index in [4.69, 9.17) is 11.6 Å². The molecule has 1 aromatic carbocycles. The van der Waals surface area contributed by atoms with Gasteiger partial charge in [-0.3, -0.25) is 9.59 Å². The Kier molecular flexibility index (Phi) is 4.03. The molecule has 0 bridgehead atoms. The van der Waals surface area contributed by atoms with Crippen molar-refractivity contribution in [1.29, 1.82) is 0 Å². The minimum Gasteiger partial charge on any atom is -0.345 e. The summed E-state index contributed by atoms with van der Waals surface area (Å²) in [4.78, 5) is 27.2. The molecule has 6 heteroatoms. The van der Waals surface area contributed by atoms with E-state index in [1.54, 1.807) is 17.8 Å². The van der Waals surface area contributed by atoms with Crippen molar-refractivity contribution in [3.8, 4) is 0 Å². The number of thioether (sulfide) groups is 1. The van der Waals surface area contributed by atoms with Gasteiger partial charge in [0.05, 0.1) is 6.04 Å². The van der Waals surface area contributed by atoms with Gasteiger partial charge in [0.25, 0.3) is 5.91 Å². The maximum atomic E-state index is 12.3. The number of hydrogen-bond acceptors (Lipinski definition) is 3. The molecule has 2 N–H and O–H groups in total. The van der Waals surface area contributed by atoms with Gasteiger partial charge in [0.2, 0.25) is 5.56 Å². The maximum absolute atomic E-state index is 12.3. The Morgan fingerprint density at radius 2 is 2.19 bits per heavy atom. The molecule has 0 aliphatic carbocycles. The fourth-order valence-corrected chi connectivity index (χ4v) is 3.63. The van der Waals surface area contributed by atoms with Crippen LogP contribution in [0.2, 0.25) is 5.02 Å². The summed E-state index contributed by atoms with van der Waals surface area (Å²) < 4.78 is 0. The second-order valence-corrected chi connectivity index (χ2v) is 6.36. The zero-order chi connectivity index (χ0) is 14.8. The highest BCUT2D eigenvalue weighted by Gasteiger charge is 2.23. The van der Waals surface area contributed by atoms with Crippen LogP contribution in [0.4, 0.5) is 0 Å². The fourth-order valence-electron chi connectivity index (χ4n) is 2.34. The molecular weight excluding hydrogens is 308 g/mol. The third-order valence-corrected chi connectivity index (χ3v) is 4.71. The molecule has 1 aliphatic rings. The smallest absolute Gasteiger partial charge is 0.252 e. The highest BCUT2D eigenvalue weighted by atomic mass is 35.5. The molecule has 3 rings (SSSR count). The standard InChI is InChI=1S/C15H13ClN2O2S/c16-10-1-2-13-11(8-10)12(4-6-21-13)18-15(20)9-3-5-17-14(19)7-9/h1-3,5,7-8,12H,4,6H2,(H,17,19)(H,18,20). The van der Waals surface area contributed by atoms with Crippen LogP contribution in [-0.4, -0.2) is 16.6 Å². The van der Waals surface area contributed by atoms with Crippen LogP contribution in [0.1, 0.15) is 28.4 Å². The second kappa shape index (κ2) is 5.95. The first-order valence-corrected chi connectivity index (χ1v) is 7.92. The number of benzene rings is 1. The van der Waals surface area contributed by atoms with Gasteiger partial charge in [0.15, 0.2) is 0 Å². The Labute approximate surface area is 130 Å². The molecular formula is C15H13ClN2O2S. The summed E-state index contributed by atoms with van der Waals surface area (Å²) >= 11 is 7.81. The maximum Gasteiger partial charge on any atom is 0.252 e. The van der Waals surface area contributed by atoms with Gasteiger partial charge in [-0.15, -0.1) is 11.8 Å². The van der Waals surface area contributed by atoms with E-state index in [1.807, 2.05) is 18.2 Å². The zero-order valence-electron chi connectivity index (χ0n) is 11.1. The molecule has 21 heavy (non-hydrogen) atoms. The van der Waals surface area contributed by atoms with Gasteiger partial charge in [-0.1, -0.05) is 11.6 Å². The van der Waals surface area contributed by atoms with Crippen LogP contribution in [0.3, 0.4) is 0 Å². The summed E-state index contributed by atoms with van der Waals surface area (Å²) in [6, 6.07) is 8.54. The van der Waals surface area contributed by atoms with Crippen molar-refractivity contribution >= 4 is 29.3 Å². The lowest BCUT2D eigenvalue weighted by Gasteiger charge is -2.26. The number of H-pyrrole nitrogens is 1. The van der Waals surface area contributed by atoms with E-state index in [0.717, 1.165) is 22.6 Å². The molecule has 1 unspecified atom stereocenters. The minimum atomic E-state index is -0.287. The zero-order valence-corrected chi connectivity index (χ0v) is 12.6. The summed E-state index contributed by atoms with van der Waals surface area (Å²) in [6.45, 7) is 0. The molecule has 4 nitrogen and oxygen atoms in total. The molecule has 2 heterocycles. The molecule has 2 aromatic rings. The van der Waals surface area contributed by atoms with Gasteiger partial charge in [0.1, 0.15) is 0 Å². The first kappa shape index (κ1) is 14.2. The number of carbonyl (C=O) groups is 1. The number of fused-ring (bicyclic) bond motifs is 1. The van der Waals surface area contributed by atoms with Crippen LogP contribution in [0.5, 0.6) is 0 Å². The average Bonchev–Trinajstić information content (AvgIpc) is 2.48. The third-order valence-electron chi connectivity index (χ3n) is 3.35. The van der Waals surface area contributed by atoms with E-state index >= 15 is 0 Å². The normalized spacial score (nSPS) is 17.1.